The van der Waals surface area contributed by atoms with Crippen LogP contribution in [0.5, 0.6) is 5.75 Å². The Hall–Kier alpha value is -2.94. The number of rotatable bonds is 3. The zero-order valence-electron chi connectivity index (χ0n) is 17.4. The summed E-state index contributed by atoms with van der Waals surface area (Å²) in [6.45, 7) is 3.62. The number of hydrogen-bond donors (Lipinski definition) is 0. The van der Waals surface area contributed by atoms with Crippen LogP contribution in [0, 0.1) is 17.7 Å². The summed E-state index contributed by atoms with van der Waals surface area (Å²) >= 11 is 3.46. The first-order valence-electron chi connectivity index (χ1n) is 10.3. The molecule has 0 aliphatic carbocycles. The number of amides is 3. The minimum atomic E-state index is -1.47. The molecule has 0 spiro atoms. The zero-order valence-corrected chi connectivity index (χ0v) is 19.0. The fraction of sp³-hybridized carbons (Fsp3) is 0.348. The Morgan fingerprint density at radius 3 is 2.66 bits per heavy atom. The summed E-state index contributed by atoms with van der Waals surface area (Å²) in [6, 6.07) is 9.49. The molecule has 0 unspecified atom stereocenters. The van der Waals surface area contributed by atoms with E-state index < -0.39 is 47.1 Å². The van der Waals surface area contributed by atoms with Gasteiger partial charge in [0.1, 0.15) is 17.1 Å². The van der Waals surface area contributed by atoms with Gasteiger partial charge in [-0.25, -0.2) is 14.1 Å². The van der Waals surface area contributed by atoms with Gasteiger partial charge in [0.25, 0.3) is 5.91 Å². The van der Waals surface area contributed by atoms with Crippen molar-refractivity contribution < 1.29 is 28.2 Å². The van der Waals surface area contributed by atoms with Gasteiger partial charge in [0.15, 0.2) is 0 Å². The molecule has 0 bridgehead atoms. The standard InChI is InChI=1S/C23H20BrFN2O5/c1-3-31-20(28)18-16-11-32-17-9-4-12(24)10-15(17)19(16)27-22(30)26(21(29)23(18,27)2)14-7-5-13(25)6-8-14/h4-10,16,18-19H,3,11H2,1-2H3/t16-,18+,19+,23-/m1/s1. The van der Waals surface area contributed by atoms with Gasteiger partial charge in [-0.05, 0) is 56.3 Å². The number of imide groups is 1. The second-order valence-corrected chi connectivity index (χ2v) is 9.16. The summed E-state index contributed by atoms with van der Waals surface area (Å²) in [7, 11) is 0. The van der Waals surface area contributed by atoms with Gasteiger partial charge >= 0.3 is 12.0 Å². The fourth-order valence-electron chi connectivity index (χ4n) is 5.28. The Labute approximate surface area is 192 Å². The van der Waals surface area contributed by atoms with Crippen molar-refractivity contribution in [1.82, 2.24) is 4.90 Å². The van der Waals surface area contributed by atoms with Crippen LogP contribution in [0.1, 0.15) is 25.5 Å². The van der Waals surface area contributed by atoms with E-state index in [0.29, 0.717) is 5.75 Å². The predicted octanol–water partition coefficient (Wildman–Crippen LogP) is 4.06. The first-order chi connectivity index (χ1) is 15.3. The van der Waals surface area contributed by atoms with Crippen molar-refractivity contribution in [2.24, 2.45) is 11.8 Å². The Bertz CT molecular complexity index is 1140. The van der Waals surface area contributed by atoms with Crippen molar-refractivity contribution in [3.8, 4) is 5.75 Å². The van der Waals surface area contributed by atoms with Crippen LogP contribution in [0.25, 0.3) is 0 Å². The molecule has 0 saturated carbocycles. The molecule has 2 aromatic carbocycles. The largest absolute Gasteiger partial charge is 0.493 e. The van der Waals surface area contributed by atoms with E-state index in [4.69, 9.17) is 9.47 Å². The van der Waals surface area contributed by atoms with Crippen LogP contribution in [-0.2, 0) is 14.3 Å². The Morgan fingerprint density at radius 2 is 1.97 bits per heavy atom. The van der Waals surface area contributed by atoms with Crippen LogP contribution in [0.15, 0.2) is 46.9 Å². The highest BCUT2D eigenvalue weighted by atomic mass is 79.9. The smallest absolute Gasteiger partial charge is 0.332 e. The van der Waals surface area contributed by atoms with Gasteiger partial charge in [0.2, 0.25) is 0 Å². The molecule has 0 N–H and O–H groups in total. The van der Waals surface area contributed by atoms with Gasteiger partial charge < -0.3 is 14.4 Å². The van der Waals surface area contributed by atoms with Gasteiger partial charge in [0.05, 0.1) is 30.9 Å². The summed E-state index contributed by atoms with van der Waals surface area (Å²) in [5.41, 5.74) is -0.506. The average Bonchev–Trinajstić information content (AvgIpc) is 3.14. The van der Waals surface area contributed by atoms with Crippen molar-refractivity contribution in [3.63, 3.8) is 0 Å². The van der Waals surface area contributed by atoms with E-state index in [-0.39, 0.29) is 18.9 Å². The normalized spacial score (nSPS) is 28.2. The molecule has 7 nitrogen and oxygen atoms in total. The molecule has 2 aromatic rings. The van der Waals surface area contributed by atoms with E-state index in [1.54, 1.807) is 19.9 Å². The number of hydrogen-bond acceptors (Lipinski definition) is 5. The molecule has 3 heterocycles. The summed E-state index contributed by atoms with van der Waals surface area (Å²) in [6.07, 6.45) is 0. The molecule has 166 valence electrons. The molecule has 0 radical (unpaired) electrons. The van der Waals surface area contributed by atoms with Gasteiger partial charge in [-0.1, -0.05) is 15.9 Å². The van der Waals surface area contributed by atoms with Gasteiger partial charge in [-0.2, -0.15) is 0 Å². The van der Waals surface area contributed by atoms with E-state index in [9.17, 15) is 18.8 Å². The molecule has 3 aliphatic heterocycles. The second kappa shape index (κ2) is 7.30. The molecule has 4 atom stereocenters. The SMILES string of the molecule is CCOC(=O)[C@@H]1[C@H]2COc3ccc(Br)cc3[C@@H]2N2C(=O)N(c3ccc(F)cc3)C(=O)[C@@]12C. The number of ether oxygens (including phenoxy) is 2. The maximum absolute atomic E-state index is 13.8. The van der Waals surface area contributed by atoms with Crippen LogP contribution in [0.2, 0.25) is 0 Å². The summed E-state index contributed by atoms with van der Waals surface area (Å²) in [5.74, 6) is -2.34. The molecule has 0 aromatic heterocycles. The molecular weight excluding hydrogens is 483 g/mol. The Kier molecular flexibility index (Phi) is 4.77. The Morgan fingerprint density at radius 1 is 1.25 bits per heavy atom. The minimum Gasteiger partial charge on any atom is -0.493 e. The lowest BCUT2D eigenvalue weighted by atomic mass is 9.77. The van der Waals surface area contributed by atoms with Gasteiger partial charge in [-0.3, -0.25) is 9.59 Å². The zero-order chi connectivity index (χ0) is 22.8. The minimum absolute atomic E-state index is 0.148. The van der Waals surface area contributed by atoms with Crippen molar-refractivity contribution >= 4 is 39.5 Å². The third-order valence-electron chi connectivity index (χ3n) is 6.60. The van der Waals surface area contributed by atoms with Crippen LogP contribution < -0.4 is 9.64 Å². The lowest BCUT2D eigenvalue weighted by Gasteiger charge is -2.34. The molecule has 2 fully saturated rings. The molecule has 32 heavy (non-hydrogen) atoms. The van der Waals surface area contributed by atoms with Crippen LogP contribution >= 0.6 is 15.9 Å². The van der Waals surface area contributed by atoms with E-state index in [2.05, 4.69) is 15.9 Å². The summed E-state index contributed by atoms with van der Waals surface area (Å²) in [4.78, 5) is 43.1. The second-order valence-electron chi connectivity index (χ2n) is 8.25. The predicted molar refractivity (Wildman–Crippen MR) is 116 cm³/mol. The van der Waals surface area contributed by atoms with E-state index in [0.717, 1.165) is 14.9 Å². The number of carbonyl (C=O) groups is 3. The van der Waals surface area contributed by atoms with Crippen LogP contribution in [-0.4, -0.2) is 41.6 Å². The number of nitrogens with zero attached hydrogens (tertiary/aromatic N) is 2. The average molecular weight is 503 g/mol. The number of urea groups is 1. The quantitative estimate of drug-likeness (QED) is 0.467. The molecule has 9 heteroatoms. The number of benzene rings is 2. The van der Waals surface area contributed by atoms with Crippen LogP contribution in [0.3, 0.4) is 0 Å². The number of anilines is 1. The highest BCUT2D eigenvalue weighted by Gasteiger charge is 2.72. The van der Waals surface area contributed by atoms with Crippen molar-refractivity contribution in [2.75, 3.05) is 18.1 Å². The topological polar surface area (TPSA) is 76.2 Å². The third kappa shape index (κ3) is 2.73. The van der Waals surface area contributed by atoms with Gasteiger partial charge in [0, 0.05) is 16.0 Å². The highest BCUT2D eigenvalue weighted by Crippen LogP contribution is 2.58. The number of esters is 1. The summed E-state index contributed by atoms with van der Waals surface area (Å²) < 4.78 is 25.5. The first kappa shape index (κ1) is 20.9. The molecule has 3 amide bonds. The maximum atomic E-state index is 13.8. The number of carbonyl (C=O) groups excluding carboxylic acids is 3. The molecular formula is C23H20BrFN2O5. The summed E-state index contributed by atoms with van der Waals surface area (Å²) in [5, 5.41) is 0. The fourth-order valence-corrected chi connectivity index (χ4v) is 5.66. The van der Waals surface area contributed by atoms with E-state index in [1.807, 2.05) is 12.1 Å². The lowest BCUT2D eigenvalue weighted by Crippen LogP contribution is -2.51. The monoisotopic (exact) mass is 502 g/mol. The van der Waals surface area contributed by atoms with E-state index in [1.165, 1.54) is 29.2 Å². The lowest BCUT2D eigenvalue weighted by molar-refractivity contribution is -0.154. The van der Waals surface area contributed by atoms with Crippen molar-refractivity contribution in [3.05, 3.63) is 58.3 Å². The first-order valence-corrected chi connectivity index (χ1v) is 11.1. The van der Waals surface area contributed by atoms with Gasteiger partial charge in [-0.15, -0.1) is 0 Å². The highest BCUT2D eigenvalue weighted by molar-refractivity contribution is 9.10. The van der Waals surface area contributed by atoms with E-state index >= 15 is 0 Å². The van der Waals surface area contributed by atoms with Crippen molar-refractivity contribution in [1.29, 1.82) is 0 Å². The van der Waals surface area contributed by atoms with Crippen LogP contribution in [0.4, 0.5) is 14.9 Å². The Balaban J connectivity index is 1.69. The molecule has 3 aliphatic rings. The number of halogens is 2. The molecule has 2 saturated heterocycles. The molecule has 5 rings (SSSR count). The third-order valence-corrected chi connectivity index (χ3v) is 7.09. The maximum Gasteiger partial charge on any atom is 0.332 e. The number of fused-ring (bicyclic) bond motifs is 5. The van der Waals surface area contributed by atoms with Crippen molar-refractivity contribution in [2.45, 2.75) is 25.4 Å².